The highest BCUT2D eigenvalue weighted by molar-refractivity contribution is 6.34. The van der Waals surface area contributed by atoms with E-state index in [0.29, 0.717) is 6.42 Å². The summed E-state index contributed by atoms with van der Waals surface area (Å²) in [5, 5.41) is 17.6. The quantitative estimate of drug-likeness (QED) is 0.280. The lowest BCUT2D eigenvalue weighted by atomic mass is 9.94. The predicted molar refractivity (Wildman–Crippen MR) is 146 cm³/mol. The third kappa shape index (κ3) is 6.04. The van der Waals surface area contributed by atoms with Gasteiger partial charge in [-0.25, -0.2) is 13.2 Å². The lowest BCUT2D eigenvalue weighted by Crippen LogP contribution is -2.52. The number of aliphatic hydroxyl groups is 1. The first-order chi connectivity index (χ1) is 19.0. The molecule has 2 aromatic carbocycles. The molecular weight excluding hydrogens is 610 g/mol. The molecular formula is C26H25Cl3F3N5O4. The van der Waals surface area contributed by atoms with E-state index in [1.165, 1.54) is 27.8 Å². The normalized spacial score (nSPS) is 24.3. The Kier molecular flexibility index (Phi) is 9.22. The van der Waals surface area contributed by atoms with E-state index in [0.717, 1.165) is 18.2 Å². The Morgan fingerprint density at radius 2 is 1.98 bits per heavy atom. The minimum atomic E-state index is -2.39. The van der Waals surface area contributed by atoms with Crippen molar-refractivity contribution in [3.8, 4) is 0 Å². The maximum Gasteiger partial charge on any atom is 0.270 e. The lowest BCUT2D eigenvalue weighted by Gasteiger charge is -2.34. The molecule has 0 aliphatic carbocycles. The minimum absolute atomic E-state index is 0. The fourth-order valence-electron chi connectivity index (χ4n) is 4.95. The van der Waals surface area contributed by atoms with Gasteiger partial charge in [-0.2, -0.15) is 5.10 Å². The van der Waals surface area contributed by atoms with Crippen molar-refractivity contribution in [1.82, 2.24) is 15.1 Å². The molecule has 41 heavy (non-hydrogen) atoms. The molecule has 1 aromatic heterocycles. The van der Waals surface area contributed by atoms with Crippen LogP contribution in [0.3, 0.4) is 0 Å². The molecule has 2 aliphatic heterocycles. The topological polar surface area (TPSA) is 123 Å². The molecule has 0 bridgehead atoms. The van der Waals surface area contributed by atoms with Gasteiger partial charge in [0, 0.05) is 54.0 Å². The summed E-state index contributed by atoms with van der Waals surface area (Å²) in [6.07, 6.45) is 0.857. The Bertz CT molecular complexity index is 1480. The Morgan fingerprint density at radius 1 is 1.22 bits per heavy atom. The summed E-state index contributed by atoms with van der Waals surface area (Å²) in [5.74, 6) is -3.70. The highest BCUT2D eigenvalue weighted by atomic mass is 35.5. The first-order valence-electron chi connectivity index (χ1n) is 12.3. The Hall–Kier alpha value is -2.87. The Balaban J connectivity index is 0.00000387. The third-order valence-electron chi connectivity index (χ3n) is 7.09. The van der Waals surface area contributed by atoms with Gasteiger partial charge in [0.15, 0.2) is 5.82 Å². The number of amides is 2. The highest BCUT2D eigenvalue weighted by Crippen LogP contribution is 2.35. The van der Waals surface area contributed by atoms with Gasteiger partial charge in [0.05, 0.1) is 17.7 Å². The van der Waals surface area contributed by atoms with Crippen LogP contribution in [0.2, 0.25) is 10.0 Å². The number of nitrogens with one attached hydrogen (secondary N) is 1. The standard InChI is InChI=1S/C26H24Cl2F3N5O4.ClH/c27-14-7-13(22(31)18(28)8-14)11-33-24(37)26(39)4-6-35(25(26)38)21-3-5-36(34-21)16-10-20(32)23(40-12-16)17-9-15(29)1-2-19(17)30;/h1-3,5,7-9,16,20,23,39H,4,6,10-12,32H2,(H,33,37);1H/t16-,20+,23-,26?;/m1./s1. The summed E-state index contributed by atoms with van der Waals surface area (Å²) < 4.78 is 49.4. The maximum absolute atomic E-state index is 14.2. The predicted octanol–water partition coefficient (Wildman–Crippen LogP) is 3.84. The number of aromatic nitrogens is 2. The molecule has 2 saturated heterocycles. The van der Waals surface area contributed by atoms with Crippen LogP contribution in [0.25, 0.3) is 0 Å². The summed E-state index contributed by atoms with van der Waals surface area (Å²) >= 11 is 11.7. The van der Waals surface area contributed by atoms with E-state index in [4.69, 9.17) is 33.7 Å². The van der Waals surface area contributed by atoms with Crippen LogP contribution in [-0.4, -0.2) is 51.5 Å². The van der Waals surface area contributed by atoms with Gasteiger partial charge >= 0.3 is 0 Å². The second-order valence-electron chi connectivity index (χ2n) is 9.74. The number of benzene rings is 2. The van der Waals surface area contributed by atoms with Crippen LogP contribution >= 0.6 is 35.6 Å². The second-order valence-corrected chi connectivity index (χ2v) is 10.6. The molecule has 1 unspecified atom stereocenters. The van der Waals surface area contributed by atoms with Crippen molar-refractivity contribution in [2.24, 2.45) is 5.73 Å². The molecule has 2 fully saturated rings. The van der Waals surface area contributed by atoms with Crippen LogP contribution in [0, 0.1) is 17.5 Å². The van der Waals surface area contributed by atoms with Crippen molar-refractivity contribution in [2.45, 2.75) is 43.2 Å². The number of nitrogens with zero attached hydrogens (tertiary/aromatic N) is 3. The molecule has 4 atom stereocenters. The summed E-state index contributed by atoms with van der Waals surface area (Å²) in [5.41, 5.74) is 3.88. The second kappa shape index (κ2) is 12.2. The van der Waals surface area contributed by atoms with Gasteiger partial charge in [0.2, 0.25) is 5.60 Å². The number of hydrogen-bond donors (Lipinski definition) is 3. The van der Waals surface area contributed by atoms with Crippen molar-refractivity contribution in [1.29, 1.82) is 0 Å². The fraction of sp³-hybridized carbons (Fsp3) is 0.346. The van der Waals surface area contributed by atoms with Crippen molar-refractivity contribution in [3.05, 3.63) is 81.2 Å². The van der Waals surface area contributed by atoms with E-state index in [-0.39, 0.29) is 71.6 Å². The molecule has 0 radical (unpaired) electrons. The SMILES string of the molecule is Cl.N[C@H]1C[C@@H](n2ccc(N3CCC(O)(C(=O)NCc4cc(Cl)cc(Cl)c4F)C3=O)n2)CO[C@@H]1c1cc(F)ccc1F. The molecule has 220 valence electrons. The van der Waals surface area contributed by atoms with E-state index < -0.39 is 47.0 Å². The summed E-state index contributed by atoms with van der Waals surface area (Å²) in [7, 11) is 0. The lowest BCUT2D eigenvalue weighted by molar-refractivity contribution is -0.149. The van der Waals surface area contributed by atoms with Crippen LogP contribution < -0.4 is 16.0 Å². The van der Waals surface area contributed by atoms with Gasteiger partial charge in [0.1, 0.15) is 23.6 Å². The number of hydrogen-bond acceptors (Lipinski definition) is 6. The number of nitrogens with two attached hydrogens (primary N) is 1. The first-order valence-corrected chi connectivity index (χ1v) is 13.1. The largest absolute Gasteiger partial charge is 0.372 e. The molecule has 3 aromatic rings. The van der Waals surface area contributed by atoms with Crippen molar-refractivity contribution in [2.75, 3.05) is 18.1 Å². The van der Waals surface area contributed by atoms with Crippen LogP contribution in [0.4, 0.5) is 19.0 Å². The summed E-state index contributed by atoms with van der Waals surface area (Å²) in [6.45, 7) is -0.254. The number of halogens is 6. The number of ether oxygens (including phenoxy) is 1. The van der Waals surface area contributed by atoms with E-state index in [2.05, 4.69) is 10.4 Å². The minimum Gasteiger partial charge on any atom is -0.372 e. The van der Waals surface area contributed by atoms with Gasteiger partial charge in [-0.1, -0.05) is 23.2 Å². The van der Waals surface area contributed by atoms with Gasteiger partial charge in [0.25, 0.3) is 11.8 Å². The monoisotopic (exact) mass is 633 g/mol. The molecule has 15 heteroatoms. The zero-order valence-electron chi connectivity index (χ0n) is 21.2. The van der Waals surface area contributed by atoms with E-state index in [1.54, 1.807) is 6.20 Å². The van der Waals surface area contributed by atoms with E-state index >= 15 is 0 Å². The third-order valence-corrected chi connectivity index (χ3v) is 7.58. The van der Waals surface area contributed by atoms with Crippen LogP contribution in [0.15, 0.2) is 42.6 Å². The van der Waals surface area contributed by atoms with E-state index in [1.807, 2.05) is 0 Å². The molecule has 9 nitrogen and oxygen atoms in total. The summed E-state index contributed by atoms with van der Waals surface area (Å²) in [6, 6.07) is 6.09. The molecule has 2 amide bonds. The molecule has 5 rings (SSSR count). The first kappa shape index (κ1) is 31.1. The van der Waals surface area contributed by atoms with Crippen molar-refractivity contribution >= 4 is 53.2 Å². The zero-order valence-corrected chi connectivity index (χ0v) is 23.5. The number of carbonyl (C=O) groups excluding carboxylic acids is 2. The smallest absolute Gasteiger partial charge is 0.270 e. The number of carbonyl (C=O) groups is 2. The van der Waals surface area contributed by atoms with Gasteiger partial charge in [-0.3, -0.25) is 19.2 Å². The average Bonchev–Trinajstić information content (AvgIpc) is 3.52. The van der Waals surface area contributed by atoms with Gasteiger partial charge < -0.3 is 20.9 Å². The molecule has 2 aliphatic rings. The molecule has 0 saturated carbocycles. The molecule has 0 spiro atoms. The van der Waals surface area contributed by atoms with Crippen LogP contribution in [0.5, 0.6) is 0 Å². The van der Waals surface area contributed by atoms with Crippen molar-refractivity contribution in [3.63, 3.8) is 0 Å². The van der Waals surface area contributed by atoms with Crippen LogP contribution in [-0.2, 0) is 20.9 Å². The fourth-order valence-corrected chi connectivity index (χ4v) is 5.49. The number of anilines is 1. The van der Waals surface area contributed by atoms with E-state index in [9.17, 15) is 27.9 Å². The summed E-state index contributed by atoms with van der Waals surface area (Å²) in [4.78, 5) is 27.0. The Morgan fingerprint density at radius 3 is 2.71 bits per heavy atom. The molecule has 4 N–H and O–H groups in total. The van der Waals surface area contributed by atoms with Gasteiger partial charge in [-0.15, -0.1) is 12.4 Å². The zero-order chi connectivity index (χ0) is 28.8. The molecule has 3 heterocycles. The van der Waals surface area contributed by atoms with Crippen LogP contribution in [0.1, 0.15) is 36.1 Å². The Labute approximate surface area is 248 Å². The van der Waals surface area contributed by atoms with Crippen molar-refractivity contribution < 1.29 is 32.6 Å². The average molecular weight is 635 g/mol. The van der Waals surface area contributed by atoms with Gasteiger partial charge in [-0.05, 0) is 36.8 Å². The number of rotatable bonds is 6. The maximum atomic E-state index is 14.2. The highest BCUT2D eigenvalue weighted by Gasteiger charge is 2.52.